The van der Waals surface area contributed by atoms with Gasteiger partial charge in [-0.1, -0.05) is 18.2 Å². The van der Waals surface area contributed by atoms with E-state index in [-0.39, 0.29) is 17.0 Å². The van der Waals surface area contributed by atoms with Crippen LogP contribution >= 0.6 is 0 Å². The second-order valence-electron chi connectivity index (χ2n) is 7.29. The number of alkyl halides is 6. The van der Waals surface area contributed by atoms with E-state index in [1.54, 1.807) is 12.1 Å². The molecule has 0 aliphatic heterocycles. The quantitative estimate of drug-likeness (QED) is 0.340. The van der Waals surface area contributed by atoms with Crippen molar-refractivity contribution in [2.75, 3.05) is 5.32 Å². The fourth-order valence-corrected chi connectivity index (χ4v) is 3.49. The lowest BCUT2D eigenvalue weighted by Gasteiger charge is -2.14. The highest BCUT2D eigenvalue weighted by atomic mass is 19.4. The van der Waals surface area contributed by atoms with Crippen molar-refractivity contribution in [3.05, 3.63) is 83.6 Å². The molecule has 0 aliphatic carbocycles. The average Bonchev–Trinajstić information content (AvgIpc) is 3.19. The maximum Gasteiger partial charge on any atom is 0.573 e. The minimum Gasteiger partial charge on any atom is -0.406 e. The highest BCUT2D eigenvalue weighted by molar-refractivity contribution is 6.09. The van der Waals surface area contributed by atoms with Crippen LogP contribution < -0.4 is 10.1 Å². The molecule has 4 rings (SSSR count). The van der Waals surface area contributed by atoms with Crippen molar-refractivity contribution in [1.29, 1.82) is 0 Å². The van der Waals surface area contributed by atoms with Gasteiger partial charge in [-0.15, -0.1) is 13.2 Å². The van der Waals surface area contributed by atoms with Gasteiger partial charge in [-0.3, -0.25) is 4.79 Å². The molecule has 3 aromatic carbocycles. The van der Waals surface area contributed by atoms with Crippen LogP contribution in [-0.2, 0) is 6.18 Å². The third-order valence-corrected chi connectivity index (χ3v) is 4.97. The van der Waals surface area contributed by atoms with E-state index < -0.39 is 29.6 Å². The molecule has 1 amide bonds. The number of rotatable bonds is 4. The Hall–Kier alpha value is -4.02. The van der Waals surface area contributed by atoms with Crippen LogP contribution in [0, 0.1) is 6.92 Å². The number of hydrogen-bond donors (Lipinski definition) is 1. The largest absolute Gasteiger partial charge is 0.573 e. The second kappa shape index (κ2) is 8.40. The smallest absolute Gasteiger partial charge is 0.406 e. The molecule has 11 heteroatoms. The van der Waals surface area contributed by atoms with E-state index in [1.807, 2.05) is 0 Å². The van der Waals surface area contributed by atoms with Crippen LogP contribution in [-0.4, -0.2) is 22.1 Å². The molecular weight excluding hydrogens is 464 g/mol. The Labute approximate surface area is 188 Å². The summed E-state index contributed by atoms with van der Waals surface area (Å²) in [6.07, 6.45) is -8.14. The number of aromatic nitrogens is 2. The van der Waals surface area contributed by atoms with Gasteiger partial charge in [-0.05, 0) is 55.0 Å². The summed E-state index contributed by atoms with van der Waals surface area (Å²) >= 11 is 0. The third-order valence-electron chi connectivity index (χ3n) is 4.97. The summed E-state index contributed by atoms with van der Waals surface area (Å²) in [5.74, 6) is -1.30. The fourth-order valence-electron chi connectivity index (χ4n) is 3.49. The number of fused-ring (bicyclic) bond motifs is 1. The predicted molar refractivity (Wildman–Crippen MR) is 112 cm³/mol. The van der Waals surface area contributed by atoms with E-state index in [1.165, 1.54) is 48.1 Å². The number of carbonyl (C=O) groups excluding carboxylic acids is 1. The summed E-state index contributed by atoms with van der Waals surface area (Å²) in [5.41, 5.74) is -0.257. The van der Waals surface area contributed by atoms with Crippen molar-refractivity contribution < 1.29 is 35.9 Å². The summed E-state index contributed by atoms with van der Waals surface area (Å²) in [6, 6.07) is 13.1. The SMILES string of the molecule is Cc1cc(-n2ncc3c(NC(=O)c4ccccc4C(F)(F)F)cccc32)ccc1OC(F)(F)F. The van der Waals surface area contributed by atoms with Gasteiger partial charge >= 0.3 is 12.5 Å². The van der Waals surface area contributed by atoms with Crippen LogP contribution in [0.3, 0.4) is 0 Å². The molecular formula is C23H15F6N3O2. The Morgan fingerprint density at radius 3 is 2.38 bits per heavy atom. The van der Waals surface area contributed by atoms with Gasteiger partial charge in [0.05, 0.1) is 34.2 Å². The molecule has 0 radical (unpaired) electrons. The van der Waals surface area contributed by atoms with E-state index in [4.69, 9.17) is 0 Å². The molecule has 1 aromatic heterocycles. The molecule has 0 fully saturated rings. The Kier molecular flexibility index (Phi) is 5.72. The number of benzene rings is 3. The molecule has 0 aliphatic rings. The standard InChI is InChI=1S/C23H15F6N3O2/c1-13-11-14(9-10-20(13)34-23(27,28)29)32-19-8-4-7-18(16(19)12-30-32)31-21(33)15-5-2-3-6-17(15)22(24,25)26/h2-12H,1H3,(H,31,33). The third kappa shape index (κ3) is 4.68. The maximum atomic E-state index is 13.3. The zero-order valence-electron chi connectivity index (χ0n) is 17.3. The zero-order chi connectivity index (χ0) is 24.7. The van der Waals surface area contributed by atoms with Crippen molar-refractivity contribution in [3.63, 3.8) is 0 Å². The lowest BCUT2D eigenvalue weighted by Crippen LogP contribution is -2.18. The van der Waals surface area contributed by atoms with E-state index in [0.717, 1.165) is 18.2 Å². The summed E-state index contributed by atoms with van der Waals surface area (Å²) in [5, 5.41) is 7.14. The fraction of sp³-hybridized carbons (Fsp3) is 0.130. The molecule has 1 heterocycles. The number of amides is 1. The van der Waals surface area contributed by atoms with E-state index in [9.17, 15) is 31.1 Å². The lowest BCUT2D eigenvalue weighted by molar-refractivity contribution is -0.274. The topological polar surface area (TPSA) is 56.2 Å². The van der Waals surface area contributed by atoms with E-state index in [0.29, 0.717) is 16.6 Å². The van der Waals surface area contributed by atoms with Crippen LogP contribution in [0.1, 0.15) is 21.5 Å². The molecule has 0 saturated carbocycles. The molecule has 0 atom stereocenters. The highest BCUT2D eigenvalue weighted by Crippen LogP contribution is 2.33. The molecule has 0 saturated heterocycles. The molecule has 0 bridgehead atoms. The number of hydrogen-bond acceptors (Lipinski definition) is 3. The molecule has 34 heavy (non-hydrogen) atoms. The van der Waals surface area contributed by atoms with Crippen LogP contribution in [0.2, 0.25) is 0 Å². The number of ether oxygens (including phenoxy) is 1. The molecule has 4 aromatic rings. The first-order valence-electron chi connectivity index (χ1n) is 9.75. The van der Waals surface area contributed by atoms with Gasteiger partial charge in [-0.25, -0.2) is 4.68 Å². The molecule has 0 unspecified atom stereocenters. The highest BCUT2D eigenvalue weighted by Gasteiger charge is 2.35. The zero-order valence-corrected chi connectivity index (χ0v) is 17.3. The Morgan fingerprint density at radius 2 is 1.71 bits per heavy atom. The van der Waals surface area contributed by atoms with Crippen LogP contribution in [0.5, 0.6) is 5.75 Å². The molecule has 1 N–H and O–H groups in total. The Morgan fingerprint density at radius 1 is 0.971 bits per heavy atom. The number of aryl methyl sites for hydroxylation is 1. The predicted octanol–water partition coefficient (Wildman–Crippen LogP) is 6.50. The van der Waals surface area contributed by atoms with Crippen molar-refractivity contribution in [3.8, 4) is 11.4 Å². The van der Waals surface area contributed by atoms with Gasteiger partial charge in [0.2, 0.25) is 0 Å². The van der Waals surface area contributed by atoms with Gasteiger partial charge in [0.1, 0.15) is 5.75 Å². The summed E-state index contributed by atoms with van der Waals surface area (Å²) in [4.78, 5) is 12.7. The van der Waals surface area contributed by atoms with Crippen molar-refractivity contribution in [2.24, 2.45) is 0 Å². The minimum atomic E-state index is -4.83. The summed E-state index contributed by atoms with van der Waals surface area (Å²) < 4.78 is 82.8. The van der Waals surface area contributed by atoms with Crippen molar-refractivity contribution in [2.45, 2.75) is 19.5 Å². The summed E-state index contributed by atoms with van der Waals surface area (Å²) in [6.45, 7) is 1.44. The normalized spacial score (nSPS) is 12.1. The van der Waals surface area contributed by atoms with E-state index >= 15 is 0 Å². The van der Waals surface area contributed by atoms with Crippen LogP contribution in [0.25, 0.3) is 16.6 Å². The first-order chi connectivity index (χ1) is 15.9. The van der Waals surface area contributed by atoms with Crippen LogP contribution in [0.15, 0.2) is 66.9 Å². The van der Waals surface area contributed by atoms with Crippen molar-refractivity contribution >= 4 is 22.5 Å². The number of nitrogens with zero attached hydrogens (tertiary/aromatic N) is 2. The minimum absolute atomic E-state index is 0.215. The number of nitrogens with one attached hydrogen (secondary N) is 1. The maximum absolute atomic E-state index is 13.3. The van der Waals surface area contributed by atoms with Gasteiger partial charge < -0.3 is 10.1 Å². The van der Waals surface area contributed by atoms with Crippen molar-refractivity contribution in [1.82, 2.24) is 9.78 Å². The molecule has 5 nitrogen and oxygen atoms in total. The van der Waals surface area contributed by atoms with Gasteiger partial charge in [0, 0.05) is 5.39 Å². The first kappa shape index (κ1) is 23.1. The molecule has 176 valence electrons. The van der Waals surface area contributed by atoms with Crippen LogP contribution in [0.4, 0.5) is 32.0 Å². The van der Waals surface area contributed by atoms with Gasteiger partial charge in [-0.2, -0.15) is 18.3 Å². The Bertz CT molecular complexity index is 1380. The number of anilines is 1. The monoisotopic (exact) mass is 479 g/mol. The number of halogens is 6. The van der Waals surface area contributed by atoms with Gasteiger partial charge in [0.15, 0.2) is 0 Å². The number of carbonyl (C=O) groups is 1. The summed E-state index contributed by atoms with van der Waals surface area (Å²) in [7, 11) is 0. The second-order valence-corrected chi connectivity index (χ2v) is 7.29. The van der Waals surface area contributed by atoms with Gasteiger partial charge in [0.25, 0.3) is 5.91 Å². The molecule has 0 spiro atoms. The van der Waals surface area contributed by atoms with E-state index in [2.05, 4.69) is 15.2 Å². The first-order valence-corrected chi connectivity index (χ1v) is 9.75. The Balaban J connectivity index is 1.67. The lowest BCUT2D eigenvalue weighted by atomic mass is 10.1. The average molecular weight is 479 g/mol.